The molecule has 0 unspecified atom stereocenters. The first-order valence-electron chi connectivity index (χ1n) is 8.58. The van der Waals surface area contributed by atoms with Gasteiger partial charge in [0.1, 0.15) is 11.5 Å². The van der Waals surface area contributed by atoms with E-state index in [1.807, 2.05) is 6.07 Å². The van der Waals surface area contributed by atoms with E-state index in [0.29, 0.717) is 17.1 Å². The fourth-order valence-electron chi connectivity index (χ4n) is 2.82. The molecule has 4 rings (SSSR count). The van der Waals surface area contributed by atoms with Crippen molar-refractivity contribution in [1.82, 2.24) is 15.1 Å². The number of halogens is 1. The average molecular weight is 381 g/mol. The Kier molecular flexibility index (Phi) is 4.76. The molecule has 1 N–H and O–H groups in total. The molecule has 1 aliphatic heterocycles. The Bertz CT molecular complexity index is 1100. The lowest BCUT2D eigenvalue weighted by atomic mass is 10.2. The number of rotatable bonds is 5. The molecule has 0 saturated carbocycles. The fourth-order valence-corrected chi connectivity index (χ4v) is 2.82. The van der Waals surface area contributed by atoms with Crippen molar-refractivity contribution in [3.63, 3.8) is 0 Å². The van der Waals surface area contributed by atoms with Crippen molar-refractivity contribution in [2.24, 2.45) is 0 Å². The van der Waals surface area contributed by atoms with Crippen LogP contribution in [0.25, 0.3) is 0 Å². The summed E-state index contributed by atoms with van der Waals surface area (Å²) in [5.41, 5.74) is 1.13. The number of carbonyl (C=O) groups excluding carboxylic acids is 1. The summed E-state index contributed by atoms with van der Waals surface area (Å²) in [7, 11) is 0. The molecule has 3 aromatic rings. The molecular formula is C20H16FN3O4. The third-order valence-electron chi connectivity index (χ3n) is 4.21. The summed E-state index contributed by atoms with van der Waals surface area (Å²) in [6.45, 7) is 0.516. The molecule has 0 saturated heterocycles. The number of aromatic nitrogens is 2. The van der Waals surface area contributed by atoms with Crippen molar-refractivity contribution in [1.29, 1.82) is 0 Å². The summed E-state index contributed by atoms with van der Waals surface area (Å²) < 4.78 is 25.0. The first kappa shape index (κ1) is 17.7. The highest BCUT2D eigenvalue weighted by molar-refractivity contribution is 5.91. The number of nitrogens with zero attached hydrogens (tertiary/aromatic N) is 2. The molecule has 0 fully saturated rings. The van der Waals surface area contributed by atoms with Crippen LogP contribution in [-0.2, 0) is 13.1 Å². The topological polar surface area (TPSA) is 82.5 Å². The van der Waals surface area contributed by atoms with Gasteiger partial charge in [-0.25, -0.2) is 9.07 Å². The minimum atomic E-state index is -0.425. The second-order valence-corrected chi connectivity index (χ2v) is 6.21. The number of amides is 1. The van der Waals surface area contributed by atoms with E-state index in [1.54, 1.807) is 24.3 Å². The van der Waals surface area contributed by atoms with Crippen molar-refractivity contribution in [2.45, 2.75) is 13.1 Å². The zero-order chi connectivity index (χ0) is 19.5. The van der Waals surface area contributed by atoms with E-state index in [0.717, 1.165) is 10.2 Å². The normalized spacial score (nSPS) is 12.0. The molecule has 0 bridgehead atoms. The van der Waals surface area contributed by atoms with Crippen LogP contribution in [0.1, 0.15) is 21.6 Å². The van der Waals surface area contributed by atoms with E-state index in [1.165, 1.54) is 24.3 Å². The number of ether oxygens (including phenoxy) is 2. The summed E-state index contributed by atoms with van der Waals surface area (Å²) in [5.74, 6) is 0.475. The summed E-state index contributed by atoms with van der Waals surface area (Å²) in [6.07, 6.45) is 0. The standard InChI is InChI=1S/C20H16FN3O4/c21-15-3-1-2-14(8-15)11-24-19(25)7-5-16(23-24)20(26)22-10-13-4-6-17-18(9-13)28-12-27-17/h1-9H,10-12H2,(H,22,26). The van der Waals surface area contributed by atoms with E-state index in [-0.39, 0.29) is 31.1 Å². The number of carbonyl (C=O) groups is 1. The maximum Gasteiger partial charge on any atom is 0.271 e. The first-order valence-corrected chi connectivity index (χ1v) is 8.58. The lowest BCUT2D eigenvalue weighted by Crippen LogP contribution is -2.29. The highest BCUT2D eigenvalue weighted by Crippen LogP contribution is 2.32. The van der Waals surface area contributed by atoms with Gasteiger partial charge >= 0.3 is 0 Å². The zero-order valence-electron chi connectivity index (χ0n) is 14.7. The maximum absolute atomic E-state index is 13.3. The van der Waals surface area contributed by atoms with Gasteiger partial charge in [0.15, 0.2) is 11.5 Å². The van der Waals surface area contributed by atoms with Crippen LogP contribution in [0.5, 0.6) is 11.5 Å². The van der Waals surface area contributed by atoms with Gasteiger partial charge in [-0.05, 0) is 41.5 Å². The Morgan fingerprint density at radius 2 is 1.93 bits per heavy atom. The predicted octanol–water partition coefficient (Wildman–Crippen LogP) is 2.09. The van der Waals surface area contributed by atoms with Crippen LogP contribution >= 0.6 is 0 Å². The molecule has 28 heavy (non-hydrogen) atoms. The molecule has 0 atom stereocenters. The van der Waals surface area contributed by atoms with E-state index in [4.69, 9.17) is 9.47 Å². The van der Waals surface area contributed by atoms with Crippen molar-refractivity contribution in [3.8, 4) is 11.5 Å². The average Bonchev–Trinajstić information content (AvgIpc) is 3.16. The van der Waals surface area contributed by atoms with Crippen LogP contribution in [0.2, 0.25) is 0 Å². The quantitative estimate of drug-likeness (QED) is 0.732. The predicted molar refractivity (Wildman–Crippen MR) is 97.7 cm³/mol. The third-order valence-corrected chi connectivity index (χ3v) is 4.21. The molecular weight excluding hydrogens is 365 g/mol. The van der Waals surface area contributed by atoms with Crippen molar-refractivity contribution in [3.05, 3.63) is 87.6 Å². The van der Waals surface area contributed by atoms with E-state index >= 15 is 0 Å². The molecule has 2 aromatic carbocycles. The number of hydrogen-bond donors (Lipinski definition) is 1. The molecule has 0 spiro atoms. The minimum absolute atomic E-state index is 0.0693. The lowest BCUT2D eigenvalue weighted by molar-refractivity contribution is 0.0943. The third kappa shape index (κ3) is 3.85. The van der Waals surface area contributed by atoms with Gasteiger partial charge in [-0.3, -0.25) is 9.59 Å². The van der Waals surface area contributed by atoms with Gasteiger partial charge in [0.25, 0.3) is 11.5 Å². The second kappa shape index (κ2) is 7.51. The van der Waals surface area contributed by atoms with Gasteiger partial charge < -0.3 is 14.8 Å². The largest absolute Gasteiger partial charge is 0.454 e. The zero-order valence-corrected chi connectivity index (χ0v) is 14.7. The fraction of sp³-hybridized carbons (Fsp3) is 0.150. The van der Waals surface area contributed by atoms with Crippen molar-refractivity contribution >= 4 is 5.91 Å². The van der Waals surface area contributed by atoms with Crippen LogP contribution in [0.3, 0.4) is 0 Å². The highest BCUT2D eigenvalue weighted by atomic mass is 19.1. The van der Waals surface area contributed by atoms with E-state index < -0.39 is 11.7 Å². The Morgan fingerprint density at radius 1 is 1.07 bits per heavy atom. The van der Waals surface area contributed by atoms with Gasteiger partial charge in [0, 0.05) is 12.6 Å². The number of benzene rings is 2. The molecule has 0 aliphatic carbocycles. The number of hydrogen-bond acceptors (Lipinski definition) is 5. The Morgan fingerprint density at radius 3 is 2.79 bits per heavy atom. The Labute approximate surface area is 159 Å². The Hall–Kier alpha value is -3.68. The first-order chi connectivity index (χ1) is 13.6. The van der Waals surface area contributed by atoms with E-state index in [9.17, 15) is 14.0 Å². The van der Waals surface area contributed by atoms with Gasteiger partial charge in [0.05, 0.1) is 6.54 Å². The van der Waals surface area contributed by atoms with Crippen LogP contribution < -0.4 is 20.3 Å². The van der Waals surface area contributed by atoms with Crippen LogP contribution in [0, 0.1) is 5.82 Å². The number of nitrogens with one attached hydrogen (secondary N) is 1. The molecule has 1 amide bonds. The van der Waals surface area contributed by atoms with Gasteiger partial charge in [0.2, 0.25) is 6.79 Å². The van der Waals surface area contributed by atoms with Crippen molar-refractivity contribution < 1.29 is 18.7 Å². The SMILES string of the molecule is O=C(NCc1ccc2c(c1)OCO2)c1ccc(=O)n(Cc2cccc(F)c2)n1. The van der Waals surface area contributed by atoms with Crippen LogP contribution in [-0.4, -0.2) is 22.5 Å². The van der Waals surface area contributed by atoms with E-state index in [2.05, 4.69) is 10.4 Å². The number of fused-ring (bicyclic) bond motifs is 1. The van der Waals surface area contributed by atoms with Crippen molar-refractivity contribution in [2.75, 3.05) is 6.79 Å². The smallest absolute Gasteiger partial charge is 0.271 e. The van der Waals surface area contributed by atoms with Gasteiger partial charge in [-0.15, -0.1) is 0 Å². The molecule has 142 valence electrons. The van der Waals surface area contributed by atoms with Crippen LogP contribution in [0.4, 0.5) is 4.39 Å². The summed E-state index contributed by atoms with van der Waals surface area (Å²) in [5, 5.41) is 6.85. The summed E-state index contributed by atoms with van der Waals surface area (Å²) >= 11 is 0. The van der Waals surface area contributed by atoms with Gasteiger partial charge in [-0.1, -0.05) is 18.2 Å². The molecule has 8 heteroatoms. The molecule has 2 heterocycles. The monoisotopic (exact) mass is 381 g/mol. The maximum atomic E-state index is 13.3. The molecule has 1 aromatic heterocycles. The Balaban J connectivity index is 1.46. The highest BCUT2D eigenvalue weighted by Gasteiger charge is 2.14. The lowest BCUT2D eigenvalue weighted by Gasteiger charge is -2.09. The molecule has 1 aliphatic rings. The minimum Gasteiger partial charge on any atom is -0.454 e. The summed E-state index contributed by atoms with van der Waals surface area (Å²) in [6, 6.07) is 13.9. The van der Waals surface area contributed by atoms with Crippen LogP contribution in [0.15, 0.2) is 59.4 Å². The van der Waals surface area contributed by atoms with Gasteiger partial charge in [-0.2, -0.15) is 5.10 Å². The second-order valence-electron chi connectivity index (χ2n) is 6.21. The molecule has 7 nitrogen and oxygen atoms in total. The summed E-state index contributed by atoms with van der Waals surface area (Å²) in [4.78, 5) is 24.4. The molecule has 0 radical (unpaired) electrons.